The summed E-state index contributed by atoms with van der Waals surface area (Å²) in [4.78, 5) is 32.8. The summed E-state index contributed by atoms with van der Waals surface area (Å²) in [7, 11) is 0. The van der Waals surface area contributed by atoms with Gasteiger partial charge in [-0.15, -0.1) is 0 Å². The molecule has 3 aliphatic rings. The van der Waals surface area contributed by atoms with Crippen LogP contribution >= 0.6 is 11.6 Å². The molecule has 6 heteroatoms. The average Bonchev–Trinajstić information content (AvgIpc) is 3.29. The summed E-state index contributed by atoms with van der Waals surface area (Å²) in [5, 5.41) is 0.585. The Labute approximate surface area is 185 Å². The van der Waals surface area contributed by atoms with Crippen LogP contribution in [0.2, 0.25) is 5.02 Å². The van der Waals surface area contributed by atoms with Crippen LogP contribution in [0.1, 0.15) is 55.8 Å². The maximum absolute atomic E-state index is 13.6. The Morgan fingerprint density at radius 2 is 1.60 bits per heavy atom. The average molecular weight is 432 g/mol. The van der Waals surface area contributed by atoms with Crippen molar-refractivity contribution < 1.29 is 9.59 Å². The molecule has 0 N–H and O–H groups in total. The van der Waals surface area contributed by atoms with E-state index in [2.05, 4.69) is 16.7 Å². The summed E-state index contributed by atoms with van der Waals surface area (Å²) < 4.78 is 0. The number of piperazine rings is 1. The lowest BCUT2D eigenvalue weighted by Gasteiger charge is -2.43. The lowest BCUT2D eigenvalue weighted by molar-refractivity contribution is -0.141. The standard InChI is InChI=1S/C24H34ClN3O2/c1-18-9-11-27(12-10-18)24(30)22(19-5-2-3-6-19)26-13-15-28(16-14-26)23(29)20-7-4-8-21(25)17-20/h4,7-8,17-19,22H,2-3,5-6,9-16H2,1H3/t22-/m0/s1. The third-order valence-electron chi connectivity index (χ3n) is 7.26. The first-order valence-electron chi connectivity index (χ1n) is 11.6. The quantitative estimate of drug-likeness (QED) is 0.725. The fraction of sp³-hybridized carbons (Fsp3) is 0.667. The maximum Gasteiger partial charge on any atom is 0.253 e. The Kier molecular flexibility index (Phi) is 6.99. The van der Waals surface area contributed by atoms with E-state index in [1.165, 1.54) is 12.8 Å². The van der Waals surface area contributed by atoms with E-state index in [1.54, 1.807) is 12.1 Å². The van der Waals surface area contributed by atoms with Gasteiger partial charge in [0.2, 0.25) is 5.91 Å². The zero-order chi connectivity index (χ0) is 21.1. The van der Waals surface area contributed by atoms with Gasteiger partial charge in [-0.1, -0.05) is 37.4 Å². The van der Waals surface area contributed by atoms with Crippen molar-refractivity contribution in [2.75, 3.05) is 39.3 Å². The number of likely N-dealkylation sites (tertiary alicyclic amines) is 1. The van der Waals surface area contributed by atoms with Crippen molar-refractivity contribution >= 4 is 23.4 Å². The number of halogens is 1. The van der Waals surface area contributed by atoms with Crippen LogP contribution in [0.3, 0.4) is 0 Å². The molecular formula is C24H34ClN3O2. The summed E-state index contributed by atoms with van der Waals surface area (Å²) >= 11 is 6.06. The van der Waals surface area contributed by atoms with E-state index >= 15 is 0 Å². The van der Waals surface area contributed by atoms with E-state index in [0.717, 1.165) is 57.8 Å². The summed E-state index contributed by atoms with van der Waals surface area (Å²) in [5.41, 5.74) is 0.641. The lowest BCUT2D eigenvalue weighted by atomic mass is 9.92. The van der Waals surface area contributed by atoms with Gasteiger partial charge in [0.05, 0.1) is 6.04 Å². The molecule has 0 radical (unpaired) electrons. The molecule has 2 saturated heterocycles. The summed E-state index contributed by atoms with van der Waals surface area (Å²) in [6.07, 6.45) is 7.01. The van der Waals surface area contributed by atoms with Gasteiger partial charge in [0.15, 0.2) is 0 Å². The van der Waals surface area contributed by atoms with Crippen LogP contribution in [-0.2, 0) is 4.79 Å². The molecule has 0 bridgehead atoms. The molecule has 3 fully saturated rings. The monoisotopic (exact) mass is 431 g/mol. The van der Waals surface area contributed by atoms with Crippen molar-refractivity contribution in [3.8, 4) is 0 Å². The molecule has 5 nitrogen and oxygen atoms in total. The van der Waals surface area contributed by atoms with Crippen LogP contribution in [0.4, 0.5) is 0 Å². The van der Waals surface area contributed by atoms with Crippen molar-refractivity contribution in [1.82, 2.24) is 14.7 Å². The summed E-state index contributed by atoms with van der Waals surface area (Å²) in [6.45, 7) is 6.95. The van der Waals surface area contributed by atoms with E-state index in [0.29, 0.717) is 35.5 Å². The molecule has 0 unspecified atom stereocenters. The number of carbonyl (C=O) groups excluding carboxylic acids is 2. The molecule has 0 spiro atoms. The van der Waals surface area contributed by atoms with Crippen molar-refractivity contribution in [3.05, 3.63) is 34.9 Å². The second-order valence-corrected chi connectivity index (χ2v) is 9.77. The van der Waals surface area contributed by atoms with E-state index in [9.17, 15) is 9.59 Å². The van der Waals surface area contributed by atoms with Crippen molar-refractivity contribution in [1.29, 1.82) is 0 Å². The Balaban J connectivity index is 1.41. The normalized spacial score (nSPS) is 23.0. The zero-order valence-electron chi connectivity index (χ0n) is 18.1. The Morgan fingerprint density at radius 3 is 2.23 bits per heavy atom. The molecule has 2 amide bonds. The predicted octanol–water partition coefficient (Wildman–Crippen LogP) is 3.92. The number of benzene rings is 1. The largest absolute Gasteiger partial charge is 0.341 e. The SMILES string of the molecule is CC1CCN(C(=O)[C@H](C2CCCC2)N2CCN(C(=O)c3cccc(Cl)c3)CC2)CC1. The molecule has 1 atom stereocenters. The topological polar surface area (TPSA) is 43.9 Å². The minimum atomic E-state index is -0.00988. The van der Waals surface area contributed by atoms with Gasteiger partial charge >= 0.3 is 0 Å². The van der Waals surface area contributed by atoms with Crippen molar-refractivity contribution in [3.63, 3.8) is 0 Å². The molecule has 164 valence electrons. The number of hydrogen-bond acceptors (Lipinski definition) is 3. The van der Waals surface area contributed by atoms with Crippen molar-refractivity contribution in [2.45, 2.75) is 51.5 Å². The molecule has 2 aliphatic heterocycles. The van der Waals surface area contributed by atoms with Crippen LogP contribution in [0, 0.1) is 11.8 Å². The first-order valence-corrected chi connectivity index (χ1v) is 12.0. The van der Waals surface area contributed by atoms with Crippen LogP contribution in [0.15, 0.2) is 24.3 Å². The predicted molar refractivity (Wildman–Crippen MR) is 120 cm³/mol. The smallest absolute Gasteiger partial charge is 0.253 e. The maximum atomic E-state index is 13.6. The van der Waals surface area contributed by atoms with Crippen LogP contribution in [0.25, 0.3) is 0 Å². The van der Waals surface area contributed by atoms with Crippen molar-refractivity contribution in [2.24, 2.45) is 11.8 Å². The number of rotatable bonds is 4. The summed E-state index contributed by atoms with van der Waals surface area (Å²) in [6, 6.07) is 7.15. The number of hydrogen-bond donors (Lipinski definition) is 0. The third kappa shape index (κ3) is 4.83. The molecule has 30 heavy (non-hydrogen) atoms. The molecule has 1 aliphatic carbocycles. The second kappa shape index (κ2) is 9.69. The Bertz CT molecular complexity index is 749. The minimum absolute atomic E-state index is 0.00988. The molecule has 1 saturated carbocycles. The Morgan fingerprint density at radius 1 is 0.933 bits per heavy atom. The van der Waals surface area contributed by atoms with E-state index in [1.807, 2.05) is 17.0 Å². The number of piperidine rings is 1. The highest BCUT2D eigenvalue weighted by molar-refractivity contribution is 6.30. The van der Waals surface area contributed by atoms with Gasteiger partial charge in [0.1, 0.15) is 0 Å². The molecule has 0 aromatic heterocycles. The third-order valence-corrected chi connectivity index (χ3v) is 7.50. The summed E-state index contributed by atoms with van der Waals surface area (Å²) in [5.74, 6) is 1.56. The molecule has 4 rings (SSSR count). The van der Waals surface area contributed by atoms with Gasteiger partial charge in [-0.25, -0.2) is 0 Å². The van der Waals surface area contributed by atoms with Gasteiger partial charge in [0, 0.05) is 49.9 Å². The first kappa shape index (κ1) is 21.6. The minimum Gasteiger partial charge on any atom is -0.341 e. The lowest BCUT2D eigenvalue weighted by Crippen LogP contribution is -2.59. The van der Waals surface area contributed by atoms with E-state index in [-0.39, 0.29) is 11.9 Å². The number of carbonyl (C=O) groups is 2. The van der Waals surface area contributed by atoms with Gasteiger partial charge in [-0.05, 0) is 55.7 Å². The second-order valence-electron chi connectivity index (χ2n) is 9.34. The van der Waals surface area contributed by atoms with E-state index < -0.39 is 0 Å². The fourth-order valence-corrected chi connectivity index (χ4v) is 5.54. The highest BCUT2D eigenvalue weighted by Gasteiger charge is 2.39. The van der Waals surface area contributed by atoms with Crippen LogP contribution < -0.4 is 0 Å². The Hall–Kier alpha value is -1.59. The van der Waals surface area contributed by atoms with Crippen LogP contribution in [0.5, 0.6) is 0 Å². The highest BCUT2D eigenvalue weighted by Crippen LogP contribution is 2.33. The molecule has 1 aromatic carbocycles. The van der Waals surface area contributed by atoms with Gasteiger partial charge in [0.25, 0.3) is 5.91 Å². The molecule has 1 aromatic rings. The van der Waals surface area contributed by atoms with Gasteiger partial charge in [-0.3, -0.25) is 14.5 Å². The number of nitrogens with zero attached hydrogens (tertiary/aromatic N) is 3. The number of amides is 2. The highest BCUT2D eigenvalue weighted by atomic mass is 35.5. The molecular weight excluding hydrogens is 398 g/mol. The molecule has 2 heterocycles. The first-order chi connectivity index (χ1) is 14.5. The van der Waals surface area contributed by atoms with Crippen LogP contribution in [-0.4, -0.2) is 71.8 Å². The van der Waals surface area contributed by atoms with Gasteiger partial charge in [-0.2, -0.15) is 0 Å². The zero-order valence-corrected chi connectivity index (χ0v) is 18.8. The van der Waals surface area contributed by atoms with Gasteiger partial charge < -0.3 is 9.80 Å². The van der Waals surface area contributed by atoms with E-state index in [4.69, 9.17) is 11.6 Å². The fourth-order valence-electron chi connectivity index (χ4n) is 5.35.